The molecule has 0 fully saturated rings. The van der Waals surface area contributed by atoms with E-state index in [-0.39, 0.29) is 31.0 Å². The minimum atomic E-state index is -0.437. The van der Waals surface area contributed by atoms with Gasteiger partial charge in [-0.3, -0.25) is 0 Å². The van der Waals surface area contributed by atoms with E-state index in [2.05, 4.69) is 10.6 Å². The quantitative estimate of drug-likeness (QED) is 0.729. The Morgan fingerprint density at radius 3 is 2.74 bits per heavy atom. The lowest BCUT2D eigenvalue weighted by atomic mass is 10.3. The van der Waals surface area contributed by atoms with Crippen molar-refractivity contribution in [1.29, 1.82) is 0 Å². The van der Waals surface area contributed by atoms with E-state index in [0.717, 1.165) is 0 Å². The number of ether oxygens (including phenoxy) is 1. The van der Waals surface area contributed by atoms with Crippen molar-refractivity contribution in [3.05, 3.63) is 30.1 Å². The number of halogens is 1. The van der Waals surface area contributed by atoms with Gasteiger partial charge in [0, 0.05) is 0 Å². The van der Waals surface area contributed by atoms with Gasteiger partial charge in [-0.15, -0.1) is 0 Å². The number of aliphatic hydroxyl groups excluding tert-OH is 1. The third-order valence-electron chi connectivity index (χ3n) is 2.37. The number of nitrogens with one attached hydrogen (secondary N) is 2. The minimum Gasteiger partial charge on any atom is -0.486 e. The Morgan fingerprint density at radius 2 is 2.11 bits per heavy atom. The average molecular weight is 270 g/mol. The highest BCUT2D eigenvalue weighted by Gasteiger charge is 2.10. The predicted molar refractivity (Wildman–Crippen MR) is 69.6 cm³/mol. The van der Waals surface area contributed by atoms with Crippen molar-refractivity contribution in [2.75, 3.05) is 13.2 Å². The SMILES string of the molecule is CC(CO)NC(=O)NCC(C)Oc1ccccc1F. The first-order valence-electron chi connectivity index (χ1n) is 6.09. The summed E-state index contributed by atoms with van der Waals surface area (Å²) < 4.78 is 18.7. The van der Waals surface area contributed by atoms with Gasteiger partial charge >= 0.3 is 6.03 Å². The van der Waals surface area contributed by atoms with Crippen LogP contribution in [0.25, 0.3) is 0 Å². The first kappa shape index (κ1) is 15.2. The van der Waals surface area contributed by atoms with Crippen molar-refractivity contribution < 1.29 is 19.0 Å². The topological polar surface area (TPSA) is 70.6 Å². The van der Waals surface area contributed by atoms with E-state index in [9.17, 15) is 9.18 Å². The fraction of sp³-hybridized carbons (Fsp3) is 0.462. The predicted octanol–water partition coefficient (Wildman–Crippen LogP) is 1.27. The van der Waals surface area contributed by atoms with Crippen LogP contribution in [0, 0.1) is 5.82 Å². The zero-order chi connectivity index (χ0) is 14.3. The molecule has 2 unspecified atom stereocenters. The smallest absolute Gasteiger partial charge is 0.315 e. The highest BCUT2D eigenvalue weighted by molar-refractivity contribution is 5.74. The van der Waals surface area contributed by atoms with Gasteiger partial charge in [0.1, 0.15) is 6.10 Å². The van der Waals surface area contributed by atoms with E-state index in [4.69, 9.17) is 9.84 Å². The van der Waals surface area contributed by atoms with E-state index < -0.39 is 11.8 Å². The average Bonchev–Trinajstić information content (AvgIpc) is 2.39. The van der Waals surface area contributed by atoms with Gasteiger partial charge in [0.25, 0.3) is 0 Å². The van der Waals surface area contributed by atoms with Crippen LogP contribution in [0.15, 0.2) is 24.3 Å². The van der Waals surface area contributed by atoms with Crippen LogP contribution in [0.3, 0.4) is 0 Å². The lowest BCUT2D eigenvalue weighted by molar-refractivity contribution is 0.196. The molecular formula is C13H19FN2O3. The fourth-order valence-corrected chi connectivity index (χ4v) is 1.36. The molecule has 1 aromatic rings. The van der Waals surface area contributed by atoms with Crippen LogP contribution < -0.4 is 15.4 Å². The summed E-state index contributed by atoms with van der Waals surface area (Å²) in [6, 6.07) is 5.38. The highest BCUT2D eigenvalue weighted by atomic mass is 19.1. The molecule has 1 aromatic carbocycles. The largest absolute Gasteiger partial charge is 0.486 e. The third kappa shape index (κ3) is 5.56. The van der Waals surface area contributed by atoms with Crippen LogP contribution in [-0.4, -0.2) is 36.4 Å². The van der Waals surface area contributed by atoms with Gasteiger partial charge in [0.2, 0.25) is 0 Å². The first-order chi connectivity index (χ1) is 9.02. The Morgan fingerprint density at radius 1 is 1.42 bits per heavy atom. The number of amides is 2. The molecule has 0 aromatic heterocycles. The van der Waals surface area contributed by atoms with Gasteiger partial charge < -0.3 is 20.5 Å². The number of aliphatic hydroxyl groups is 1. The highest BCUT2D eigenvalue weighted by Crippen LogP contribution is 2.16. The molecule has 2 atom stereocenters. The van der Waals surface area contributed by atoms with Crippen LogP contribution in [-0.2, 0) is 0 Å². The molecule has 5 nitrogen and oxygen atoms in total. The monoisotopic (exact) mass is 270 g/mol. The van der Waals surface area contributed by atoms with Crippen LogP contribution in [0.5, 0.6) is 5.75 Å². The Balaban J connectivity index is 2.34. The molecule has 0 saturated carbocycles. The van der Waals surface area contributed by atoms with Crippen molar-refractivity contribution in [2.24, 2.45) is 0 Å². The molecule has 2 amide bonds. The van der Waals surface area contributed by atoms with Crippen molar-refractivity contribution >= 4 is 6.03 Å². The number of hydrogen-bond acceptors (Lipinski definition) is 3. The van der Waals surface area contributed by atoms with Gasteiger partial charge in [-0.05, 0) is 26.0 Å². The summed E-state index contributed by atoms with van der Waals surface area (Å²) in [5, 5.41) is 13.9. The number of para-hydroxylation sites is 1. The van der Waals surface area contributed by atoms with Crippen molar-refractivity contribution in [3.8, 4) is 5.75 Å². The molecule has 0 spiro atoms. The number of rotatable bonds is 6. The van der Waals surface area contributed by atoms with E-state index >= 15 is 0 Å². The standard InChI is InChI=1S/C13H19FN2O3/c1-9(8-17)16-13(18)15-7-10(2)19-12-6-4-3-5-11(12)14/h3-6,9-10,17H,7-8H2,1-2H3,(H2,15,16,18). The maximum absolute atomic E-state index is 13.3. The molecule has 0 bridgehead atoms. The number of hydrogen-bond donors (Lipinski definition) is 3. The van der Waals surface area contributed by atoms with E-state index in [1.165, 1.54) is 12.1 Å². The maximum Gasteiger partial charge on any atom is 0.315 e. The van der Waals surface area contributed by atoms with Crippen molar-refractivity contribution in [2.45, 2.75) is 26.0 Å². The molecule has 0 aliphatic rings. The van der Waals surface area contributed by atoms with Gasteiger partial charge in [-0.2, -0.15) is 0 Å². The van der Waals surface area contributed by atoms with Crippen LogP contribution in [0.2, 0.25) is 0 Å². The maximum atomic E-state index is 13.3. The third-order valence-corrected chi connectivity index (χ3v) is 2.37. The molecular weight excluding hydrogens is 251 g/mol. The molecule has 106 valence electrons. The Bertz CT molecular complexity index is 415. The second-order valence-electron chi connectivity index (χ2n) is 4.30. The number of carbonyl (C=O) groups is 1. The molecule has 6 heteroatoms. The summed E-state index contributed by atoms with van der Waals surface area (Å²) in [5.74, 6) is -0.284. The number of benzene rings is 1. The van der Waals surface area contributed by atoms with Crippen LogP contribution in [0.4, 0.5) is 9.18 Å². The normalized spacial score (nSPS) is 13.5. The number of urea groups is 1. The summed E-state index contributed by atoms with van der Waals surface area (Å²) in [4.78, 5) is 11.4. The molecule has 0 aliphatic heterocycles. The molecule has 0 heterocycles. The van der Waals surface area contributed by atoms with Gasteiger partial charge in [0.15, 0.2) is 11.6 Å². The summed E-state index contributed by atoms with van der Waals surface area (Å²) in [6.07, 6.45) is -0.368. The summed E-state index contributed by atoms with van der Waals surface area (Å²) >= 11 is 0. The van der Waals surface area contributed by atoms with Crippen molar-refractivity contribution in [3.63, 3.8) is 0 Å². The Hall–Kier alpha value is -1.82. The molecule has 19 heavy (non-hydrogen) atoms. The Labute approximate surface area is 111 Å². The molecule has 1 rings (SSSR count). The van der Waals surface area contributed by atoms with Crippen molar-refractivity contribution in [1.82, 2.24) is 10.6 Å². The second-order valence-corrected chi connectivity index (χ2v) is 4.30. The first-order valence-corrected chi connectivity index (χ1v) is 6.09. The molecule has 0 aliphatic carbocycles. The summed E-state index contributed by atoms with van der Waals surface area (Å²) in [5.41, 5.74) is 0. The molecule has 3 N–H and O–H groups in total. The van der Waals surface area contributed by atoms with E-state index in [0.29, 0.717) is 0 Å². The van der Waals surface area contributed by atoms with Crippen LogP contribution >= 0.6 is 0 Å². The lowest BCUT2D eigenvalue weighted by Gasteiger charge is -2.17. The fourth-order valence-electron chi connectivity index (χ4n) is 1.36. The minimum absolute atomic E-state index is 0.130. The summed E-state index contributed by atoms with van der Waals surface area (Å²) in [6.45, 7) is 3.51. The van der Waals surface area contributed by atoms with Gasteiger partial charge in [-0.25, -0.2) is 9.18 Å². The van der Waals surface area contributed by atoms with Gasteiger partial charge in [0.05, 0.1) is 19.2 Å². The number of carbonyl (C=O) groups excluding carboxylic acids is 1. The van der Waals surface area contributed by atoms with E-state index in [1.54, 1.807) is 26.0 Å². The second kappa shape index (κ2) is 7.58. The van der Waals surface area contributed by atoms with Gasteiger partial charge in [-0.1, -0.05) is 12.1 Å². The Kier molecular flexibility index (Phi) is 6.08. The van der Waals surface area contributed by atoms with E-state index in [1.807, 2.05) is 0 Å². The summed E-state index contributed by atoms with van der Waals surface area (Å²) in [7, 11) is 0. The lowest BCUT2D eigenvalue weighted by Crippen LogP contribution is -2.45. The molecule has 0 saturated heterocycles. The zero-order valence-corrected chi connectivity index (χ0v) is 11.0. The zero-order valence-electron chi connectivity index (χ0n) is 11.0. The molecule has 0 radical (unpaired) electrons. The van der Waals surface area contributed by atoms with Crippen LogP contribution in [0.1, 0.15) is 13.8 Å².